The van der Waals surface area contributed by atoms with Gasteiger partial charge in [-0.25, -0.2) is 9.97 Å². The largest absolute Gasteiger partial charge is 0.367 e. The fourth-order valence-electron chi connectivity index (χ4n) is 3.16. The summed E-state index contributed by atoms with van der Waals surface area (Å²) in [7, 11) is 4.08. The molecule has 0 aliphatic heterocycles. The zero-order valence-electron chi connectivity index (χ0n) is 15.1. The number of H-pyrrole nitrogens is 1. The fourth-order valence-corrected chi connectivity index (χ4v) is 3.16. The maximum absolute atomic E-state index is 11.7. The minimum absolute atomic E-state index is 0.00847. The number of aromatic amines is 1. The van der Waals surface area contributed by atoms with Gasteiger partial charge >= 0.3 is 0 Å². The van der Waals surface area contributed by atoms with Crippen LogP contribution < -0.4 is 10.7 Å². The first-order chi connectivity index (χ1) is 12.5. The first-order valence-corrected chi connectivity index (χ1v) is 8.63. The van der Waals surface area contributed by atoms with Crippen molar-refractivity contribution in [3.8, 4) is 0 Å². The highest BCUT2D eigenvalue weighted by atomic mass is 16.1. The van der Waals surface area contributed by atoms with Crippen LogP contribution in [0, 0.1) is 6.92 Å². The Morgan fingerprint density at radius 3 is 2.81 bits per heavy atom. The maximum atomic E-state index is 11.7. The van der Waals surface area contributed by atoms with Crippen molar-refractivity contribution in [2.45, 2.75) is 6.92 Å². The molecule has 2 heterocycles. The monoisotopic (exact) mass is 347 g/mol. The van der Waals surface area contributed by atoms with Crippen molar-refractivity contribution >= 4 is 38.7 Å². The van der Waals surface area contributed by atoms with E-state index in [1.54, 1.807) is 12.1 Å². The van der Waals surface area contributed by atoms with Gasteiger partial charge in [0.15, 0.2) is 11.2 Å². The van der Waals surface area contributed by atoms with Gasteiger partial charge < -0.3 is 15.2 Å². The second kappa shape index (κ2) is 6.38. The molecule has 0 saturated heterocycles. The number of hydrogen-bond donors (Lipinski definition) is 2. The summed E-state index contributed by atoms with van der Waals surface area (Å²) in [4.78, 5) is 26.7. The molecule has 0 aliphatic carbocycles. The molecule has 0 spiro atoms. The van der Waals surface area contributed by atoms with E-state index in [2.05, 4.69) is 20.2 Å². The van der Waals surface area contributed by atoms with Crippen molar-refractivity contribution in [3.63, 3.8) is 0 Å². The molecular weight excluding hydrogens is 326 g/mol. The Labute approximate surface area is 150 Å². The summed E-state index contributed by atoms with van der Waals surface area (Å²) in [5.74, 6) is 0.791. The van der Waals surface area contributed by atoms with Gasteiger partial charge in [-0.1, -0.05) is 6.07 Å². The Hall–Kier alpha value is -2.99. The highest BCUT2D eigenvalue weighted by Crippen LogP contribution is 2.27. The Kier molecular flexibility index (Phi) is 4.05. The number of nitrogens with one attached hydrogen (secondary N) is 2. The number of aromatic nitrogens is 3. The van der Waals surface area contributed by atoms with Crippen LogP contribution in [0.1, 0.15) is 5.56 Å². The van der Waals surface area contributed by atoms with Gasteiger partial charge in [-0.15, -0.1) is 0 Å². The zero-order valence-corrected chi connectivity index (χ0v) is 15.1. The van der Waals surface area contributed by atoms with E-state index in [9.17, 15) is 4.79 Å². The standard InChI is InChI=1S/C20H21N5O/c1-12-11-22-20(21-8-9-25(2)3)19-17(12)23-16-7-4-13-10-14(26)5-6-15(13)18(16)24-19/h4-7,10-11,24H,8-9H2,1-3H3,(H,21,22). The minimum atomic E-state index is 0.00847. The predicted molar refractivity (Wildman–Crippen MR) is 107 cm³/mol. The number of likely N-dealkylation sites (N-methyl/N-ethyl adjacent to an activating group) is 1. The fraction of sp³-hybridized carbons (Fsp3) is 0.250. The maximum Gasteiger partial charge on any atom is 0.179 e. The molecule has 0 aliphatic rings. The lowest BCUT2D eigenvalue weighted by Gasteiger charge is -2.14. The molecule has 0 radical (unpaired) electrons. The van der Waals surface area contributed by atoms with Crippen LogP contribution in [-0.4, -0.2) is 47.0 Å². The van der Waals surface area contributed by atoms with Gasteiger partial charge in [0.25, 0.3) is 0 Å². The first-order valence-electron chi connectivity index (χ1n) is 8.63. The van der Waals surface area contributed by atoms with Crippen LogP contribution in [0.3, 0.4) is 0 Å². The van der Waals surface area contributed by atoms with Gasteiger partial charge in [0.05, 0.1) is 16.6 Å². The van der Waals surface area contributed by atoms with E-state index >= 15 is 0 Å². The Morgan fingerprint density at radius 1 is 1.15 bits per heavy atom. The molecule has 2 aromatic heterocycles. The topological polar surface area (TPSA) is 73.9 Å². The molecule has 6 nitrogen and oxygen atoms in total. The van der Waals surface area contributed by atoms with E-state index in [4.69, 9.17) is 4.98 Å². The Bertz CT molecular complexity index is 1180. The van der Waals surface area contributed by atoms with E-state index < -0.39 is 0 Å². The molecule has 6 heteroatoms. The van der Waals surface area contributed by atoms with Crippen LogP contribution in [0.2, 0.25) is 0 Å². The molecule has 26 heavy (non-hydrogen) atoms. The normalized spacial score (nSPS) is 11.7. The van der Waals surface area contributed by atoms with Crippen molar-refractivity contribution in [2.24, 2.45) is 0 Å². The molecule has 132 valence electrons. The van der Waals surface area contributed by atoms with Gasteiger partial charge in [0, 0.05) is 24.7 Å². The summed E-state index contributed by atoms with van der Waals surface area (Å²) >= 11 is 0. The van der Waals surface area contributed by atoms with Crippen molar-refractivity contribution in [2.75, 3.05) is 32.5 Å². The summed E-state index contributed by atoms with van der Waals surface area (Å²) in [6.07, 6.45) is 1.84. The molecular formula is C20H21N5O. The van der Waals surface area contributed by atoms with Gasteiger partial charge in [-0.05, 0) is 56.2 Å². The minimum Gasteiger partial charge on any atom is -0.367 e. The summed E-state index contributed by atoms with van der Waals surface area (Å²) < 4.78 is 0. The van der Waals surface area contributed by atoms with E-state index in [1.165, 1.54) is 0 Å². The van der Waals surface area contributed by atoms with Gasteiger partial charge in [0.1, 0.15) is 5.52 Å². The van der Waals surface area contributed by atoms with Crippen molar-refractivity contribution in [1.82, 2.24) is 19.9 Å². The molecule has 0 saturated carbocycles. The van der Waals surface area contributed by atoms with E-state index in [0.717, 1.165) is 57.3 Å². The number of aryl methyl sites for hydroxylation is 1. The molecule has 2 aromatic carbocycles. The summed E-state index contributed by atoms with van der Waals surface area (Å²) in [5, 5.41) is 5.29. The van der Waals surface area contributed by atoms with Gasteiger partial charge in [-0.3, -0.25) is 4.79 Å². The average molecular weight is 347 g/mol. The second-order valence-electron chi connectivity index (χ2n) is 6.82. The van der Waals surface area contributed by atoms with Crippen molar-refractivity contribution in [1.29, 1.82) is 0 Å². The molecule has 0 unspecified atom stereocenters. The van der Waals surface area contributed by atoms with Gasteiger partial charge in [0.2, 0.25) is 0 Å². The van der Waals surface area contributed by atoms with Crippen LogP contribution in [0.4, 0.5) is 5.82 Å². The summed E-state index contributed by atoms with van der Waals surface area (Å²) in [5.41, 5.74) is 4.60. The number of hydrogen-bond acceptors (Lipinski definition) is 5. The lowest BCUT2D eigenvalue weighted by atomic mass is 10.1. The van der Waals surface area contributed by atoms with Crippen LogP contribution >= 0.6 is 0 Å². The van der Waals surface area contributed by atoms with Crippen LogP contribution in [0.5, 0.6) is 0 Å². The third-order valence-corrected chi connectivity index (χ3v) is 4.54. The Balaban J connectivity index is 1.95. The second-order valence-corrected chi connectivity index (χ2v) is 6.82. The quantitative estimate of drug-likeness (QED) is 0.439. The first kappa shape index (κ1) is 16.5. The number of anilines is 1. The summed E-state index contributed by atoms with van der Waals surface area (Å²) in [6, 6.07) is 8.99. The zero-order chi connectivity index (χ0) is 18.3. The van der Waals surface area contributed by atoms with Crippen LogP contribution in [-0.2, 0) is 0 Å². The molecule has 0 atom stereocenters. The average Bonchev–Trinajstić information content (AvgIpc) is 2.62. The van der Waals surface area contributed by atoms with E-state index in [0.29, 0.717) is 0 Å². The lowest BCUT2D eigenvalue weighted by Crippen LogP contribution is -2.21. The van der Waals surface area contributed by atoms with E-state index in [1.807, 2.05) is 45.4 Å². The van der Waals surface area contributed by atoms with Crippen LogP contribution in [0.25, 0.3) is 32.8 Å². The van der Waals surface area contributed by atoms with E-state index in [-0.39, 0.29) is 5.43 Å². The SMILES string of the molecule is Cc1cnc(NCCN(C)C)c2[nH]c3c(ccc4cc(=O)ccc43)nc12. The van der Waals surface area contributed by atoms with Crippen molar-refractivity contribution < 1.29 is 0 Å². The van der Waals surface area contributed by atoms with Gasteiger partial charge in [-0.2, -0.15) is 0 Å². The lowest BCUT2D eigenvalue weighted by molar-refractivity contribution is 0.425. The highest BCUT2D eigenvalue weighted by molar-refractivity contribution is 6.07. The third-order valence-electron chi connectivity index (χ3n) is 4.54. The summed E-state index contributed by atoms with van der Waals surface area (Å²) in [6.45, 7) is 3.71. The molecule has 4 rings (SSSR count). The number of pyridine rings is 1. The third kappa shape index (κ3) is 2.88. The highest BCUT2D eigenvalue weighted by Gasteiger charge is 2.11. The Morgan fingerprint density at radius 2 is 2.00 bits per heavy atom. The molecule has 2 N–H and O–H groups in total. The molecule has 0 amide bonds. The van der Waals surface area contributed by atoms with Crippen molar-refractivity contribution in [3.05, 3.63) is 52.3 Å². The molecule has 0 bridgehead atoms. The number of fused-ring (bicyclic) bond motifs is 4. The molecule has 4 aromatic rings. The number of rotatable bonds is 4. The smallest absolute Gasteiger partial charge is 0.179 e. The van der Waals surface area contributed by atoms with Crippen LogP contribution in [0.15, 0.2) is 41.3 Å². The number of nitrogens with zero attached hydrogens (tertiary/aromatic N) is 3. The predicted octanol–water partition coefficient (Wildman–Crippen LogP) is 2.91. The molecule has 0 fully saturated rings. The number of benzene rings is 2.